The Balaban J connectivity index is 1.92. The zero-order valence-corrected chi connectivity index (χ0v) is 15.7. The van der Waals surface area contributed by atoms with Crippen LogP contribution < -0.4 is 10.6 Å². The standard InChI is InChI=1S/C21H23N5O/c1-4-23-21-24-12-17(13-25-21)20(27)26-19(16-6-5-9-22-11-16)18-10-14(2)7-8-15(18)3/h5-13,19H,4H2,1-3H3,(H,26,27)(H,23,24,25). The lowest BCUT2D eigenvalue weighted by Gasteiger charge is -2.22. The third-order valence-electron chi connectivity index (χ3n) is 4.29. The number of benzene rings is 1. The summed E-state index contributed by atoms with van der Waals surface area (Å²) >= 11 is 0. The van der Waals surface area contributed by atoms with Crippen LogP contribution in [0.5, 0.6) is 0 Å². The van der Waals surface area contributed by atoms with Crippen molar-refractivity contribution >= 4 is 11.9 Å². The van der Waals surface area contributed by atoms with Crippen LogP contribution in [0.3, 0.4) is 0 Å². The summed E-state index contributed by atoms with van der Waals surface area (Å²) in [5.41, 5.74) is 4.62. The summed E-state index contributed by atoms with van der Waals surface area (Å²) in [7, 11) is 0. The molecule has 2 N–H and O–H groups in total. The first-order valence-electron chi connectivity index (χ1n) is 8.92. The number of hydrogen-bond donors (Lipinski definition) is 2. The van der Waals surface area contributed by atoms with E-state index >= 15 is 0 Å². The van der Waals surface area contributed by atoms with E-state index in [1.807, 2.05) is 32.9 Å². The van der Waals surface area contributed by atoms with Gasteiger partial charge < -0.3 is 10.6 Å². The van der Waals surface area contributed by atoms with Crippen molar-refractivity contribution in [1.29, 1.82) is 0 Å². The molecule has 0 saturated heterocycles. The lowest BCUT2D eigenvalue weighted by Crippen LogP contribution is -2.30. The fraction of sp³-hybridized carbons (Fsp3) is 0.238. The van der Waals surface area contributed by atoms with Crippen molar-refractivity contribution in [3.63, 3.8) is 0 Å². The molecule has 3 aromatic rings. The molecule has 0 aliphatic carbocycles. The summed E-state index contributed by atoms with van der Waals surface area (Å²) in [6.07, 6.45) is 6.56. The molecular formula is C21H23N5O. The topological polar surface area (TPSA) is 79.8 Å². The summed E-state index contributed by atoms with van der Waals surface area (Å²) in [6.45, 7) is 6.77. The average molecular weight is 361 g/mol. The maximum Gasteiger partial charge on any atom is 0.255 e. The molecule has 0 spiro atoms. The van der Waals surface area contributed by atoms with Gasteiger partial charge in [-0.25, -0.2) is 9.97 Å². The smallest absolute Gasteiger partial charge is 0.255 e. The van der Waals surface area contributed by atoms with Gasteiger partial charge in [-0.3, -0.25) is 9.78 Å². The Morgan fingerprint density at radius 3 is 2.56 bits per heavy atom. The van der Waals surface area contributed by atoms with Crippen molar-refractivity contribution < 1.29 is 4.79 Å². The third-order valence-corrected chi connectivity index (χ3v) is 4.29. The monoisotopic (exact) mass is 361 g/mol. The van der Waals surface area contributed by atoms with E-state index in [2.05, 4.69) is 43.8 Å². The van der Waals surface area contributed by atoms with E-state index in [9.17, 15) is 4.79 Å². The quantitative estimate of drug-likeness (QED) is 0.703. The van der Waals surface area contributed by atoms with Crippen molar-refractivity contribution in [1.82, 2.24) is 20.3 Å². The molecule has 138 valence electrons. The number of hydrogen-bond acceptors (Lipinski definition) is 5. The molecule has 1 aromatic carbocycles. The van der Waals surface area contributed by atoms with Gasteiger partial charge in [-0.2, -0.15) is 0 Å². The summed E-state index contributed by atoms with van der Waals surface area (Å²) < 4.78 is 0. The normalized spacial score (nSPS) is 11.7. The summed E-state index contributed by atoms with van der Waals surface area (Å²) in [4.78, 5) is 25.4. The van der Waals surface area contributed by atoms with Gasteiger partial charge in [0.1, 0.15) is 0 Å². The number of anilines is 1. The second-order valence-electron chi connectivity index (χ2n) is 6.38. The van der Waals surface area contributed by atoms with Crippen LogP contribution in [0.15, 0.2) is 55.1 Å². The lowest BCUT2D eigenvalue weighted by atomic mass is 9.94. The van der Waals surface area contributed by atoms with Crippen LogP contribution in [-0.2, 0) is 0 Å². The van der Waals surface area contributed by atoms with E-state index < -0.39 is 0 Å². The molecule has 3 rings (SSSR count). The Labute approximate surface area is 159 Å². The highest BCUT2D eigenvalue weighted by molar-refractivity contribution is 5.94. The second-order valence-corrected chi connectivity index (χ2v) is 6.38. The van der Waals surface area contributed by atoms with Gasteiger partial charge in [-0.15, -0.1) is 0 Å². The van der Waals surface area contributed by atoms with E-state index in [4.69, 9.17) is 0 Å². The minimum atomic E-state index is -0.306. The lowest BCUT2D eigenvalue weighted by molar-refractivity contribution is 0.0942. The van der Waals surface area contributed by atoms with Crippen LogP contribution in [0, 0.1) is 13.8 Å². The molecular weight excluding hydrogens is 338 g/mol. The van der Waals surface area contributed by atoms with Gasteiger partial charge in [0.2, 0.25) is 5.95 Å². The summed E-state index contributed by atoms with van der Waals surface area (Å²) in [5.74, 6) is 0.278. The first kappa shape index (κ1) is 18.5. The minimum absolute atomic E-state index is 0.229. The van der Waals surface area contributed by atoms with Crippen molar-refractivity contribution in [2.45, 2.75) is 26.8 Å². The average Bonchev–Trinajstić information content (AvgIpc) is 2.69. The van der Waals surface area contributed by atoms with Crippen LogP contribution in [0.2, 0.25) is 0 Å². The van der Waals surface area contributed by atoms with Crippen molar-refractivity contribution in [3.05, 3.63) is 82.9 Å². The van der Waals surface area contributed by atoms with Gasteiger partial charge in [0.05, 0.1) is 11.6 Å². The van der Waals surface area contributed by atoms with Crippen LogP contribution in [0.1, 0.15) is 45.6 Å². The highest BCUT2D eigenvalue weighted by Crippen LogP contribution is 2.26. The van der Waals surface area contributed by atoms with E-state index in [0.717, 1.165) is 28.8 Å². The minimum Gasteiger partial charge on any atom is -0.355 e. The van der Waals surface area contributed by atoms with Crippen LogP contribution in [0.25, 0.3) is 0 Å². The maximum atomic E-state index is 12.8. The summed E-state index contributed by atoms with van der Waals surface area (Å²) in [5, 5.41) is 6.12. The number of pyridine rings is 1. The van der Waals surface area contributed by atoms with Crippen LogP contribution in [-0.4, -0.2) is 27.4 Å². The van der Waals surface area contributed by atoms with Gasteiger partial charge >= 0.3 is 0 Å². The molecule has 2 heterocycles. The predicted molar refractivity (Wildman–Crippen MR) is 106 cm³/mol. The Kier molecular flexibility index (Phi) is 5.76. The molecule has 0 aliphatic rings. The van der Waals surface area contributed by atoms with E-state index in [1.165, 1.54) is 12.4 Å². The number of carbonyl (C=O) groups is 1. The number of rotatable bonds is 6. The molecule has 6 heteroatoms. The molecule has 27 heavy (non-hydrogen) atoms. The fourth-order valence-electron chi connectivity index (χ4n) is 2.87. The van der Waals surface area contributed by atoms with Gasteiger partial charge in [0.15, 0.2) is 0 Å². The Morgan fingerprint density at radius 2 is 1.89 bits per heavy atom. The molecule has 0 radical (unpaired) electrons. The number of amides is 1. The van der Waals surface area contributed by atoms with Crippen molar-refractivity contribution in [2.24, 2.45) is 0 Å². The predicted octanol–water partition coefficient (Wildman–Crippen LogP) is 3.44. The van der Waals surface area contributed by atoms with Gasteiger partial charge in [-0.05, 0) is 43.5 Å². The first-order valence-corrected chi connectivity index (χ1v) is 8.92. The molecule has 0 aliphatic heterocycles. The molecule has 0 saturated carbocycles. The zero-order chi connectivity index (χ0) is 19.2. The fourth-order valence-corrected chi connectivity index (χ4v) is 2.87. The van der Waals surface area contributed by atoms with Gasteiger partial charge in [0.25, 0.3) is 5.91 Å². The van der Waals surface area contributed by atoms with E-state index in [1.54, 1.807) is 12.4 Å². The SMILES string of the molecule is CCNc1ncc(C(=O)NC(c2cccnc2)c2cc(C)ccc2C)cn1. The molecule has 2 aromatic heterocycles. The third kappa shape index (κ3) is 4.47. The number of aromatic nitrogens is 3. The second kappa shape index (κ2) is 8.40. The van der Waals surface area contributed by atoms with Gasteiger partial charge in [0, 0.05) is 31.3 Å². The maximum absolute atomic E-state index is 12.8. The van der Waals surface area contributed by atoms with Crippen molar-refractivity contribution in [2.75, 3.05) is 11.9 Å². The van der Waals surface area contributed by atoms with Crippen LogP contribution in [0.4, 0.5) is 5.95 Å². The van der Waals surface area contributed by atoms with E-state index in [-0.39, 0.29) is 11.9 Å². The highest BCUT2D eigenvalue weighted by Gasteiger charge is 2.20. The Hall–Kier alpha value is -3.28. The first-order chi connectivity index (χ1) is 13.1. The van der Waals surface area contributed by atoms with Crippen molar-refractivity contribution in [3.8, 4) is 0 Å². The number of nitrogens with zero attached hydrogens (tertiary/aromatic N) is 3. The molecule has 1 unspecified atom stereocenters. The molecule has 1 atom stereocenters. The molecule has 1 amide bonds. The van der Waals surface area contributed by atoms with E-state index in [0.29, 0.717) is 11.5 Å². The van der Waals surface area contributed by atoms with Gasteiger partial charge in [-0.1, -0.05) is 29.8 Å². The number of aryl methyl sites for hydroxylation is 2. The molecule has 0 bridgehead atoms. The number of carbonyl (C=O) groups excluding carboxylic acids is 1. The molecule has 6 nitrogen and oxygen atoms in total. The zero-order valence-electron chi connectivity index (χ0n) is 15.7. The Morgan fingerprint density at radius 1 is 1.11 bits per heavy atom. The molecule has 0 fully saturated rings. The largest absolute Gasteiger partial charge is 0.355 e. The summed E-state index contributed by atoms with van der Waals surface area (Å²) in [6, 6.07) is 9.75. The highest BCUT2D eigenvalue weighted by atomic mass is 16.1. The van der Waals surface area contributed by atoms with Crippen LogP contribution >= 0.6 is 0 Å². The number of nitrogens with one attached hydrogen (secondary N) is 2. The Bertz CT molecular complexity index is 910.